The predicted molar refractivity (Wildman–Crippen MR) is 133 cm³/mol. The van der Waals surface area contributed by atoms with Gasteiger partial charge in [-0.3, -0.25) is 14.5 Å². The lowest BCUT2D eigenvalue weighted by Crippen LogP contribution is -2.44. The van der Waals surface area contributed by atoms with Gasteiger partial charge in [-0.15, -0.1) is 0 Å². The first-order valence-electron chi connectivity index (χ1n) is 12.7. The summed E-state index contributed by atoms with van der Waals surface area (Å²) in [5.74, 6) is 0.115. The van der Waals surface area contributed by atoms with Crippen molar-refractivity contribution < 1.29 is 28.9 Å². The molecule has 1 saturated carbocycles. The zero-order chi connectivity index (χ0) is 25.2. The molecule has 0 aromatic heterocycles. The first-order valence-corrected chi connectivity index (χ1v) is 12.7. The van der Waals surface area contributed by atoms with Gasteiger partial charge in [-0.2, -0.15) is 0 Å². The molecule has 36 heavy (non-hydrogen) atoms. The van der Waals surface area contributed by atoms with Crippen LogP contribution in [0.1, 0.15) is 55.2 Å². The Balaban J connectivity index is 1.46. The minimum atomic E-state index is -0.880. The van der Waals surface area contributed by atoms with Gasteiger partial charge in [0.2, 0.25) is 12.7 Å². The van der Waals surface area contributed by atoms with E-state index >= 15 is 0 Å². The van der Waals surface area contributed by atoms with E-state index in [0.29, 0.717) is 23.8 Å². The molecule has 0 unspecified atom stereocenters. The van der Waals surface area contributed by atoms with Crippen molar-refractivity contribution in [3.8, 4) is 17.2 Å². The Hall–Kier alpha value is -3.26. The van der Waals surface area contributed by atoms with E-state index in [0.717, 1.165) is 36.8 Å². The Labute approximate surface area is 211 Å². The summed E-state index contributed by atoms with van der Waals surface area (Å²) in [5, 5.41) is 10.4. The molecule has 2 fully saturated rings. The topological polar surface area (TPSA) is 88.5 Å². The van der Waals surface area contributed by atoms with Crippen molar-refractivity contribution in [1.82, 2.24) is 9.80 Å². The highest BCUT2D eigenvalue weighted by molar-refractivity contribution is 5.79. The number of carbonyl (C=O) groups excluding carboxylic acids is 1. The number of fused-ring (bicyclic) bond motifs is 1. The summed E-state index contributed by atoms with van der Waals surface area (Å²) in [5.41, 5.74) is 1.74. The SMILES string of the molecule is COc1ccc([C@@H]2[C@@H](C(=O)O)[C@H](c3ccc4c(c3)OCO4)CN2CC(=O)N(C)C2CCCCC2)cc1. The Bertz CT molecular complexity index is 1100. The largest absolute Gasteiger partial charge is 0.497 e. The molecule has 8 nitrogen and oxygen atoms in total. The molecular formula is C28H34N2O6. The first-order chi connectivity index (χ1) is 17.5. The fraction of sp³-hybridized carbons (Fsp3) is 0.500. The summed E-state index contributed by atoms with van der Waals surface area (Å²) in [6.45, 7) is 0.792. The van der Waals surface area contributed by atoms with Gasteiger partial charge in [0.1, 0.15) is 5.75 Å². The van der Waals surface area contributed by atoms with Crippen molar-refractivity contribution in [2.24, 2.45) is 5.92 Å². The first kappa shape index (κ1) is 24.4. The molecule has 1 amide bonds. The Morgan fingerprint density at radius 2 is 1.72 bits per heavy atom. The molecule has 5 rings (SSSR count). The number of rotatable bonds is 7. The van der Waals surface area contributed by atoms with Crippen LogP contribution in [0.4, 0.5) is 0 Å². The van der Waals surface area contributed by atoms with Gasteiger partial charge in [0.15, 0.2) is 11.5 Å². The van der Waals surface area contributed by atoms with Crippen molar-refractivity contribution in [2.75, 3.05) is 34.0 Å². The number of carbonyl (C=O) groups is 2. The summed E-state index contributed by atoms with van der Waals surface area (Å²) in [6.07, 6.45) is 5.58. The molecule has 2 aromatic carbocycles. The van der Waals surface area contributed by atoms with Gasteiger partial charge >= 0.3 is 5.97 Å². The molecule has 1 N–H and O–H groups in total. The molecule has 3 aliphatic rings. The zero-order valence-corrected chi connectivity index (χ0v) is 20.9. The van der Waals surface area contributed by atoms with Gasteiger partial charge in [-0.25, -0.2) is 0 Å². The quantitative estimate of drug-likeness (QED) is 0.621. The highest BCUT2D eigenvalue weighted by Crippen LogP contribution is 2.47. The maximum absolute atomic E-state index is 13.4. The van der Waals surface area contributed by atoms with Crippen molar-refractivity contribution in [2.45, 2.75) is 50.1 Å². The molecule has 2 aromatic rings. The number of aliphatic carboxylic acids is 1. The normalized spacial score (nSPS) is 24.0. The molecule has 0 bridgehead atoms. The molecule has 1 saturated heterocycles. The van der Waals surface area contributed by atoms with Gasteiger partial charge in [-0.05, 0) is 48.2 Å². The number of methoxy groups -OCH3 is 1. The van der Waals surface area contributed by atoms with Crippen LogP contribution in [-0.4, -0.2) is 66.9 Å². The molecular weight excluding hydrogens is 460 g/mol. The van der Waals surface area contributed by atoms with E-state index in [1.807, 2.05) is 59.3 Å². The maximum atomic E-state index is 13.4. The van der Waals surface area contributed by atoms with Gasteiger partial charge in [0.25, 0.3) is 0 Å². The van der Waals surface area contributed by atoms with E-state index in [1.165, 1.54) is 6.42 Å². The number of amides is 1. The number of hydrogen-bond donors (Lipinski definition) is 1. The number of carboxylic acid groups (broad SMARTS) is 1. The third-order valence-electron chi connectivity index (χ3n) is 8.02. The number of hydrogen-bond acceptors (Lipinski definition) is 6. The van der Waals surface area contributed by atoms with Gasteiger partial charge in [0, 0.05) is 31.6 Å². The second-order valence-electron chi connectivity index (χ2n) is 10.0. The fourth-order valence-electron chi connectivity index (χ4n) is 6.03. The highest BCUT2D eigenvalue weighted by Gasteiger charge is 2.48. The van der Waals surface area contributed by atoms with E-state index < -0.39 is 17.9 Å². The molecule has 1 aliphatic carbocycles. The van der Waals surface area contributed by atoms with Crippen molar-refractivity contribution in [1.29, 1.82) is 0 Å². The summed E-state index contributed by atoms with van der Waals surface area (Å²) in [7, 11) is 3.49. The Morgan fingerprint density at radius 3 is 2.42 bits per heavy atom. The van der Waals surface area contributed by atoms with E-state index in [9.17, 15) is 14.7 Å². The second kappa shape index (κ2) is 10.4. The molecule has 192 valence electrons. The Morgan fingerprint density at radius 1 is 1.03 bits per heavy atom. The molecule has 0 spiro atoms. The summed E-state index contributed by atoms with van der Waals surface area (Å²) < 4.78 is 16.3. The van der Waals surface area contributed by atoms with E-state index in [4.69, 9.17) is 14.2 Å². The number of nitrogens with zero attached hydrogens (tertiary/aromatic N) is 2. The number of ether oxygens (including phenoxy) is 3. The average molecular weight is 495 g/mol. The van der Waals surface area contributed by atoms with Gasteiger partial charge in [0.05, 0.1) is 19.6 Å². The lowest BCUT2D eigenvalue weighted by molar-refractivity contribution is -0.144. The summed E-state index contributed by atoms with van der Waals surface area (Å²) in [6, 6.07) is 12.9. The van der Waals surface area contributed by atoms with Crippen molar-refractivity contribution >= 4 is 11.9 Å². The predicted octanol–water partition coefficient (Wildman–Crippen LogP) is 4.06. The van der Waals surface area contributed by atoms with Crippen LogP contribution in [0.2, 0.25) is 0 Å². The van der Waals surface area contributed by atoms with Crippen LogP contribution in [-0.2, 0) is 9.59 Å². The molecule has 2 aliphatic heterocycles. The smallest absolute Gasteiger partial charge is 0.309 e. The fourth-order valence-corrected chi connectivity index (χ4v) is 6.03. The minimum absolute atomic E-state index is 0.0379. The number of likely N-dealkylation sites (N-methyl/N-ethyl adjacent to an activating group) is 1. The van der Waals surface area contributed by atoms with Gasteiger partial charge in [-0.1, -0.05) is 37.5 Å². The van der Waals surface area contributed by atoms with Crippen LogP contribution in [0, 0.1) is 5.92 Å². The van der Waals surface area contributed by atoms with Crippen molar-refractivity contribution in [3.63, 3.8) is 0 Å². The number of likely N-dealkylation sites (tertiary alicyclic amines) is 1. The monoisotopic (exact) mass is 494 g/mol. The lowest BCUT2D eigenvalue weighted by Gasteiger charge is -2.34. The molecule has 0 radical (unpaired) electrons. The average Bonchev–Trinajstić information content (AvgIpc) is 3.53. The lowest BCUT2D eigenvalue weighted by atomic mass is 9.82. The van der Waals surface area contributed by atoms with E-state index in [2.05, 4.69) is 0 Å². The number of benzene rings is 2. The minimum Gasteiger partial charge on any atom is -0.497 e. The molecule has 8 heteroatoms. The third kappa shape index (κ3) is 4.74. The van der Waals surface area contributed by atoms with Crippen LogP contribution < -0.4 is 14.2 Å². The van der Waals surface area contributed by atoms with Crippen molar-refractivity contribution in [3.05, 3.63) is 53.6 Å². The molecule has 2 heterocycles. The molecule has 3 atom stereocenters. The third-order valence-corrected chi connectivity index (χ3v) is 8.02. The van der Waals surface area contributed by atoms with Crippen LogP contribution in [0.15, 0.2) is 42.5 Å². The zero-order valence-electron chi connectivity index (χ0n) is 20.9. The van der Waals surface area contributed by atoms with Crippen LogP contribution >= 0.6 is 0 Å². The summed E-state index contributed by atoms with van der Waals surface area (Å²) in [4.78, 5) is 30.1. The van der Waals surface area contributed by atoms with E-state index in [-0.39, 0.29) is 31.2 Å². The van der Waals surface area contributed by atoms with Crippen LogP contribution in [0.5, 0.6) is 17.2 Å². The number of carboxylic acids is 1. The Kier molecular flexibility index (Phi) is 7.05. The highest BCUT2D eigenvalue weighted by atomic mass is 16.7. The van der Waals surface area contributed by atoms with Crippen LogP contribution in [0.3, 0.4) is 0 Å². The van der Waals surface area contributed by atoms with E-state index in [1.54, 1.807) is 7.11 Å². The second-order valence-corrected chi connectivity index (χ2v) is 10.0. The van der Waals surface area contributed by atoms with Crippen LogP contribution in [0.25, 0.3) is 0 Å². The standard InChI is InChI=1S/C28H34N2O6/c1-29(20-6-4-3-5-7-20)25(31)16-30-15-22(19-10-13-23-24(14-19)36-17-35-23)26(28(32)33)27(30)18-8-11-21(34-2)12-9-18/h8-14,20,22,26-27H,3-7,15-17H2,1-2H3,(H,32,33)/t22-,26-,27+/m0/s1. The maximum Gasteiger partial charge on any atom is 0.309 e. The van der Waals surface area contributed by atoms with Gasteiger partial charge < -0.3 is 24.2 Å². The summed E-state index contributed by atoms with van der Waals surface area (Å²) >= 11 is 0.